The van der Waals surface area contributed by atoms with Crippen LogP contribution >= 0.6 is 0 Å². The average Bonchev–Trinajstić information content (AvgIpc) is 3.06. The predicted octanol–water partition coefficient (Wildman–Crippen LogP) is 0.762. The van der Waals surface area contributed by atoms with Crippen LogP contribution in [0, 0.1) is 0 Å². The Morgan fingerprint density at radius 1 is 1.17 bits per heavy atom. The van der Waals surface area contributed by atoms with Crippen molar-refractivity contribution in [3.63, 3.8) is 0 Å². The van der Waals surface area contributed by atoms with Gasteiger partial charge in [-0.2, -0.15) is 0 Å². The van der Waals surface area contributed by atoms with Crippen molar-refractivity contribution >= 4 is 16.9 Å². The van der Waals surface area contributed by atoms with Crippen molar-refractivity contribution in [3.05, 3.63) is 40.8 Å². The molecule has 2 fully saturated rings. The summed E-state index contributed by atoms with van der Waals surface area (Å²) in [6.45, 7) is 2.42. The molecule has 24 heavy (non-hydrogen) atoms. The van der Waals surface area contributed by atoms with Gasteiger partial charge in [-0.25, -0.2) is 4.98 Å². The Bertz CT molecular complexity index is 816. The molecule has 0 atom stereocenters. The van der Waals surface area contributed by atoms with Gasteiger partial charge in [0.2, 0.25) is 5.91 Å². The van der Waals surface area contributed by atoms with Gasteiger partial charge < -0.3 is 14.4 Å². The highest BCUT2D eigenvalue weighted by Gasteiger charge is 2.40. The fraction of sp³-hybridized carbons (Fsp3) is 0.471. The zero-order valence-corrected chi connectivity index (χ0v) is 13.3. The third kappa shape index (κ3) is 2.70. The Labute approximate surface area is 138 Å². The fourth-order valence-electron chi connectivity index (χ4n) is 3.40. The molecule has 2 aliphatic heterocycles. The predicted molar refractivity (Wildman–Crippen MR) is 86.5 cm³/mol. The van der Waals surface area contributed by atoms with E-state index in [4.69, 9.17) is 9.47 Å². The molecule has 2 aromatic rings. The molecule has 1 spiro atoms. The minimum Gasteiger partial charge on any atom is -0.347 e. The standard InChI is InChI=1S/C17H19N3O4/c21-15-11-18-13-3-1-2-4-14(13)20(15)12-16(22)19-7-5-17(6-8-19)23-9-10-24-17/h1-4,11H,5-10,12H2. The Balaban J connectivity index is 1.51. The van der Waals surface area contributed by atoms with Gasteiger partial charge >= 0.3 is 0 Å². The summed E-state index contributed by atoms with van der Waals surface area (Å²) in [4.78, 5) is 30.7. The normalized spacial score (nSPS) is 19.9. The number of carbonyl (C=O) groups is 1. The van der Waals surface area contributed by atoms with Crippen LogP contribution < -0.4 is 5.56 Å². The van der Waals surface area contributed by atoms with E-state index >= 15 is 0 Å². The topological polar surface area (TPSA) is 73.7 Å². The number of nitrogens with zero attached hydrogens (tertiary/aromatic N) is 3. The maximum atomic E-state index is 12.6. The molecule has 1 aromatic carbocycles. The lowest BCUT2D eigenvalue weighted by Gasteiger charge is -2.37. The van der Waals surface area contributed by atoms with E-state index in [2.05, 4.69) is 4.98 Å². The molecule has 126 valence electrons. The van der Waals surface area contributed by atoms with Gasteiger partial charge in [-0.05, 0) is 12.1 Å². The first kappa shape index (κ1) is 15.3. The van der Waals surface area contributed by atoms with Crippen molar-refractivity contribution in [3.8, 4) is 0 Å². The van der Waals surface area contributed by atoms with Crippen molar-refractivity contribution in [2.24, 2.45) is 0 Å². The summed E-state index contributed by atoms with van der Waals surface area (Å²) in [5.74, 6) is -0.571. The molecule has 2 aliphatic rings. The summed E-state index contributed by atoms with van der Waals surface area (Å²) in [5.41, 5.74) is 1.11. The summed E-state index contributed by atoms with van der Waals surface area (Å²) in [6, 6.07) is 7.33. The quantitative estimate of drug-likeness (QED) is 0.813. The highest BCUT2D eigenvalue weighted by atomic mass is 16.7. The smallest absolute Gasteiger partial charge is 0.269 e. The molecule has 0 radical (unpaired) electrons. The maximum Gasteiger partial charge on any atom is 0.269 e. The van der Waals surface area contributed by atoms with Crippen LogP contribution in [0.15, 0.2) is 35.3 Å². The average molecular weight is 329 g/mol. The van der Waals surface area contributed by atoms with E-state index in [-0.39, 0.29) is 18.0 Å². The van der Waals surface area contributed by atoms with Crippen LogP contribution in [0.3, 0.4) is 0 Å². The number of amides is 1. The molecule has 2 saturated heterocycles. The minimum absolute atomic E-state index is 0.0244. The van der Waals surface area contributed by atoms with E-state index in [1.54, 1.807) is 4.90 Å². The second kappa shape index (κ2) is 5.99. The van der Waals surface area contributed by atoms with Crippen LogP contribution in [0.1, 0.15) is 12.8 Å². The van der Waals surface area contributed by atoms with Gasteiger partial charge in [-0.1, -0.05) is 12.1 Å². The first-order chi connectivity index (χ1) is 11.7. The zero-order chi connectivity index (χ0) is 16.6. The lowest BCUT2D eigenvalue weighted by atomic mass is 10.0. The van der Waals surface area contributed by atoms with Crippen LogP contribution in [0.25, 0.3) is 11.0 Å². The lowest BCUT2D eigenvalue weighted by molar-refractivity contribution is -0.187. The number of likely N-dealkylation sites (tertiary alicyclic amines) is 1. The van der Waals surface area contributed by atoms with Gasteiger partial charge in [0, 0.05) is 25.9 Å². The van der Waals surface area contributed by atoms with Gasteiger partial charge in [0.05, 0.1) is 30.4 Å². The number of benzene rings is 1. The summed E-state index contributed by atoms with van der Waals surface area (Å²) in [6.07, 6.45) is 2.61. The number of para-hydroxylation sites is 2. The number of aromatic nitrogens is 2. The molecule has 4 rings (SSSR count). The van der Waals surface area contributed by atoms with E-state index in [9.17, 15) is 9.59 Å². The Kier molecular flexibility index (Phi) is 3.82. The highest BCUT2D eigenvalue weighted by Crippen LogP contribution is 2.31. The third-order valence-corrected chi connectivity index (χ3v) is 4.74. The van der Waals surface area contributed by atoms with E-state index in [0.29, 0.717) is 50.2 Å². The molecule has 7 heteroatoms. The molecule has 1 amide bonds. The summed E-state index contributed by atoms with van der Waals surface area (Å²) < 4.78 is 12.8. The number of hydrogen-bond donors (Lipinski definition) is 0. The van der Waals surface area contributed by atoms with Crippen LogP contribution in [0.2, 0.25) is 0 Å². The van der Waals surface area contributed by atoms with Gasteiger partial charge in [0.1, 0.15) is 6.54 Å². The Morgan fingerprint density at radius 3 is 2.62 bits per heavy atom. The number of carbonyl (C=O) groups excluding carboxylic acids is 1. The summed E-state index contributed by atoms with van der Waals surface area (Å²) in [7, 11) is 0. The van der Waals surface area contributed by atoms with E-state index in [1.807, 2.05) is 24.3 Å². The Hall–Kier alpha value is -2.25. The number of ether oxygens (including phenoxy) is 2. The van der Waals surface area contributed by atoms with Crippen LogP contribution in [-0.2, 0) is 20.8 Å². The second-order valence-electron chi connectivity index (χ2n) is 6.16. The monoisotopic (exact) mass is 329 g/mol. The summed E-state index contributed by atoms with van der Waals surface area (Å²) in [5, 5.41) is 0. The SMILES string of the molecule is O=C(Cn1c(=O)cnc2ccccc21)N1CCC2(CC1)OCCO2. The molecule has 0 N–H and O–H groups in total. The molecule has 3 heterocycles. The van der Waals surface area contributed by atoms with Crippen molar-refractivity contribution in [2.45, 2.75) is 25.2 Å². The van der Waals surface area contributed by atoms with Crippen LogP contribution in [0.5, 0.6) is 0 Å². The number of piperidine rings is 1. The van der Waals surface area contributed by atoms with Crippen LogP contribution in [0.4, 0.5) is 0 Å². The van der Waals surface area contributed by atoms with Crippen molar-refractivity contribution in [1.82, 2.24) is 14.5 Å². The molecule has 0 bridgehead atoms. The number of hydrogen-bond acceptors (Lipinski definition) is 5. The maximum absolute atomic E-state index is 12.6. The molecule has 7 nitrogen and oxygen atoms in total. The zero-order valence-electron chi connectivity index (χ0n) is 13.3. The molecule has 0 unspecified atom stereocenters. The largest absolute Gasteiger partial charge is 0.347 e. The fourth-order valence-corrected chi connectivity index (χ4v) is 3.40. The lowest BCUT2D eigenvalue weighted by Crippen LogP contribution is -2.48. The van der Waals surface area contributed by atoms with Crippen molar-refractivity contribution in [2.75, 3.05) is 26.3 Å². The first-order valence-electron chi connectivity index (χ1n) is 8.17. The molecular formula is C17H19N3O4. The van der Waals surface area contributed by atoms with Gasteiger partial charge in [0.15, 0.2) is 5.79 Å². The minimum atomic E-state index is -0.503. The van der Waals surface area contributed by atoms with Crippen molar-refractivity contribution in [1.29, 1.82) is 0 Å². The molecular weight excluding hydrogens is 310 g/mol. The molecule has 0 aliphatic carbocycles. The summed E-state index contributed by atoms with van der Waals surface area (Å²) >= 11 is 0. The third-order valence-electron chi connectivity index (χ3n) is 4.74. The molecule has 0 saturated carbocycles. The number of fused-ring (bicyclic) bond motifs is 1. The van der Waals surface area contributed by atoms with Gasteiger partial charge in [-0.3, -0.25) is 14.2 Å². The first-order valence-corrected chi connectivity index (χ1v) is 8.17. The number of rotatable bonds is 2. The van der Waals surface area contributed by atoms with Crippen LogP contribution in [-0.4, -0.2) is 52.4 Å². The van der Waals surface area contributed by atoms with Crippen molar-refractivity contribution < 1.29 is 14.3 Å². The van der Waals surface area contributed by atoms with Gasteiger partial charge in [-0.15, -0.1) is 0 Å². The molecule has 1 aromatic heterocycles. The highest BCUT2D eigenvalue weighted by molar-refractivity contribution is 5.80. The van der Waals surface area contributed by atoms with E-state index in [1.165, 1.54) is 10.8 Å². The Morgan fingerprint density at radius 2 is 1.88 bits per heavy atom. The van der Waals surface area contributed by atoms with E-state index in [0.717, 1.165) is 0 Å². The van der Waals surface area contributed by atoms with E-state index < -0.39 is 5.79 Å². The second-order valence-corrected chi connectivity index (χ2v) is 6.16. The van der Waals surface area contributed by atoms with Gasteiger partial charge in [0.25, 0.3) is 5.56 Å².